The molecule has 0 bridgehead atoms. The first-order valence-corrected chi connectivity index (χ1v) is 29.4. The first-order chi connectivity index (χ1) is 31.9. The highest BCUT2D eigenvalue weighted by atomic mass is 16.6. The molecule has 0 fully saturated rings. The SMILES string of the molecule is CCCCCCCCCCCCCCCCCCCCCC(=O)O[C@H](COC(=O)CCCCCCCCCCCCCCC)COC(=O)CCCCCCCCCCCCCCC(C)C. The van der Waals surface area contributed by atoms with E-state index in [0.717, 1.165) is 63.7 Å². The summed E-state index contributed by atoms with van der Waals surface area (Å²) in [6, 6.07) is 0. The molecule has 0 unspecified atom stereocenters. The normalized spacial score (nSPS) is 12.0. The summed E-state index contributed by atoms with van der Waals surface area (Å²) < 4.78 is 16.9. The molecule has 6 heteroatoms. The second-order valence-electron chi connectivity index (χ2n) is 20.8. The number of hydrogen-bond acceptors (Lipinski definition) is 6. The van der Waals surface area contributed by atoms with Crippen molar-refractivity contribution in [1.29, 1.82) is 0 Å². The predicted molar refractivity (Wildman–Crippen MR) is 280 cm³/mol. The minimum absolute atomic E-state index is 0.0619. The van der Waals surface area contributed by atoms with E-state index in [2.05, 4.69) is 27.7 Å². The van der Waals surface area contributed by atoms with Gasteiger partial charge in [-0.2, -0.15) is 0 Å². The monoisotopic (exact) mass is 919 g/mol. The van der Waals surface area contributed by atoms with Crippen molar-refractivity contribution in [2.24, 2.45) is 5.92 Å². The summed E-state index contributed by atoms with van der Waals surface area (Å²) in [5, 5.41) is 0. The van der Waals surface area contributed by atoms with Gasteiger partial charge in [0.05, 0.1) is 0 Å². The largest absolute Gasteiger partial charge is 0.462 e. The maximum Gasteiger partial charge on any atom is 0.306 e. The molecule has 0 spiro atoms. The van der Waals surface area contributed by atoms with Gasteiger partial charge in [0, 0.05) is 19.3 Å². The van der Waals surface area contributed by atoms with E-state index in [-0.39, 0.29) is 31.1 Å². The van der Waals surface area contributed by atoms with Crippen LogP contribution in [-0.2, 0) is 28.6 Å². The van der Waals surface area contributed by atoms with E-state index >= 15 is 0 Å². The lowest BCUT2D eigenvalue weighted by molar-refractivity contribution is -0.167. The Bertz CT molecular complexity index is 980. The quantitative estimate of drug-likeness (QED) is 0.0344. The van der Waals surface area contributed by atoms with E-state index < -0.39 is 6.10 Å². The number of rotatable bonds is 54. The minimum Gasteiger partial charge on any atom is -0.462 e. The lowest BCUT2D eigenvalue weighted by Gasteiger charge is -2.18. The summed E-state index contributed by atoms with van der Waals surface area (Å²) in [7, 11) is 0. The van der Waals surface area contributed by atoms with Crippen molar-refractivity contribution in [3.63, 3.8) is 0 Å². The molecule has 0 saturated carbocycles. The highest BCUT2D eigenvalue weighted by molar-refractivity contribution is 5.71. The first-order valence-electron chi connectivity index (χ1n) is 29.4. The van der Waals surface area contributed by atoms with Crippen LogP contribution in [0.25, 0.3) is 0 Å². The maximum atomic E-state index is 12.9. The van der Waals surface area contributed by atoms with Crippen LogP contribution in [0.3, 0.4) is 0 Å². The summed E-state index contributed by atoms with van der Waals surface area (Å²) in [4.78, 5) is 38.1. The third kappa shape index (κ3) is 53.2. The molecule has 0 aromatic carbocycles. The number of esters is 3. The summed E-state index contributed by atoms with van der Waals surface area (Å²) in [6.45, 7) is 9.06. The zero-order chi connectivity index (χ0) is 47.4. The van der Waals surface area contributed by atoms with Crippen LogP contribution in [0.4, 0.5) is 0 Å². The van der Waals surface area contributed by atoms with Crippen LogP contribution >= 0.6 is 0 Å². The van der Waals surface area contributed by atoms with Gasteiger partial charge in [-0.3, -0.25) is 14.4 Å². The van der Waals surface area contributed by atoms with Crippen molar-refractivity contribution in [3.05, 3.63) is 0 Å². The number of unbranched alkanes of at least 4 members (excludes halogenated alkanes) is 41. The van der Waals surface area contributed by atoms with Crippen LogP contribution in [0.2, 0.25) is 0 Å². The Morgan fingerprint density at radius 1 is 0.292 bits per heavy atom. The zero-order valence-electron chi connectivity index (χ0n) is 44.5. The Labute approximate surface area is 406 Å². The summed E-state index contributed by atoms with van der Waals surface area (Å²) in [5.41, 5.74) is 0. The van der Waals surface area contributed by atoms with Gasteiger partial charge in [-0.1, -0.05) is 297 Å². The molecule has 0 radical (unpaired) electrons. The minimum atomic E-state index is -0.762. The molecule has 0 aliphatic heterocycles. The average Bonchev–Trinajstić information content (AvgIpc) is 3.29. The maximum absolute atomic E-state index is 12.9. The van der Waals surface area contributed by atoms with Crippen molar-refractivity contribution >= 4 is 17.9 Å². The smallest absolute Gasteiger partial charge is 0.306 e. The summed E-state index contributed by atoms with van der Waals surface area (Å²) in [6.07, 6.45) is 58.1. The fourth-order valence-electron chi connectivity index (χ4n) is 9.10. The molecule has 0 aliphatic carbocycles. The highest BCUT2D eigenvalue weighted by Gasteiger charge is 2.19. The van der Waals surface area contributed by atoms with E-state index in [1.165, 1.54) is 231 Å². The molecule has 1 atom stereocenters. The average molecular weight is 920 g/mol. The number of carbonyl (C=O) groups excluding carboxylic acids is 3. The van der Waals surface area contributed by atoms with Crippen molar-refractivity contribution in [3.8, 4) is 0 Å². The number of ether oxygens (including phenoxy) is 3. The third-order valence-corrected chi connectivity index (χ3v) is 13.5. The molecule has 65 heavy (non-hydrogen) atoms. The van der Waals surface area contributed by atoms with Crippen LogP contribution in [0.5, 0.6) is 0 Å². The van der Waals surface area contributed by atoms with E-state index in [1.54, 1.807) is 0 Å². The van der Waals surface area contributed by atoms with Crippen molar-refractivity contribution in [2.45, 2.75) is 342 Å². The van der Waals surface area contributed by atoms with Crippen molar-refractivity contribution in [2.75, 3.05) is 13.2 Å². The standard InChI is InChI=1S/C59H114O6/c1-5-7-9-11-13-15-17-19-20-21-22-23-24-26-32-36-40-44-48-52-59(62)65-56(53-63-57(60)50-46-42-38-34-30-25-18-16-14-12-10-8-6-2)54-64-58(61)51-47-43-39-35-31-28-27-29-33-37-41-45-49-55(3)4/h55-56H,5-54H2,1-4H3/t56-/m1/s1. The Kier molecular flexibility index (Phi) is 52.1. The number of hydrogen-bond donors (Lipinski definition) is 0. The molecular formula is C59H114O6. The first kappa shape index (κ1) is 63.4. The second-order valence-corrected chi connectivity index (χ2v) is 20.8. The summed E-state index contributed by atoms with van der Waals surface area (Å²) >= 11 is 0. The van der Waals surface area contributed by atoms with Gasteiger partial charge in [0.15, 0.2) is 6.10 Å². The van der Waals surface area contributed by atoms with Crippen molar-refractivity contribution < 1.29 is 28.6 Å². The molecule has 0 aromatic rings. The lowest BCUT2D eigenvalue weighted by Crippen LogP contribution is -2.30. The highest BCUT2D eigenvalue weighted by Crippen LogP contribution is 2.18. The van der Waals surface area contributed by atoms with Gasteiger partial charge in [-0.25, -0.2) is 0 Å². The zero-order valence-corrected chi connectivity index (χ0v) is 44.5. The lowest BCUT2D eigenvalue weighted by atomic mass is 10.0. The molecule has 0 N–H and O–H groups in total. The van der Waals surface area contributed by atoms with Gasteiger partial charge in [-0.15, -0.1) is 0 Å². The van der Waals surface area contributed by atoms with Gasteiger partial charge in [0.1, 0.15) is 13.2 Å². The fourth-order valence-corrected chi connectivity index (χ4v) is 9.10. The Morgan fingerprint density at radius 2 is 0.508 bits per heavy atom. The van der Waals surface area contributed by atoms with Crippen LogP contribution in [-0.4, -0.2) is 37.2 Å². The van der Waals surface area contributed by atoms with E-state index in [4.69, 9.17) is 14.2 Å². The van der Waals surface area contributed by atoms with Crippen LogP contribution < -0.4 is 0 Å². The van der Waals surface area contributed by atoms with E-state index in [1.807, 2.05) is 0 Å². The van der Waals surface area contributed by atoms with Gasteiger partial charge in [-0.05, 0) is 25.2 Å². The molecule has 6 nitrogen and oxygen atoms in total. The molecule has 386 valence electrons. The van der Waals surface area contributed by atoms with Crippen molar-refractivity contribution in [1.82, 2.24) is 0 Å². The van der Waals surface area contributed by atoms with Crippen LogP contribution in [0.15, 0.2) is 0 Å². The van der Waals surface area contributed by atoms with Gasteiger partial charge < -0.3 is 14.2 Å². The van der Waals surface area contributed by atoms with Crippen LogP contribution in [0.1, 0.15) is 336 Å². The summed E-state index contributed by atoms with van der Waals surface area (Å²) in [5.74, 6) is -0.000953. The molecule has 0 saturated heterocycles. The van der Waals surface area contributed by atoms with E-state index in [0.29, 0.717) is 19.3 Å². The Morgan fingerprint density at radius 3 is 0.754 bits per heavy atom. The third-order valence-electron chi connectivity index (χ3n) is 13.5. The molecule has 0 rings (SSSR count). The molecule has 0 heterocycles. The number of carbonyl (C=O) groups is 3. The topological polar surface area (TPSA) is 78.9 Å². The molecule has 0 aliphatic rings. The predicted octanol–water partition coefficient (Wildman–Crippen LogP) is 19.4. The Hall–Kier alpha value is -1.59. The Balaban J connectivity index is 4.28. The van der Waals surface area contributed by atoms with Crippen LogP contribution in [0, 0.1) is 5.92 Å². The molecule has 0 amide bonds. The van der Waals surface area contributed by atoms with Gasteiger partial charge in [0.2, 0.25) is 0 Å². The van der Waals surface area contributed by atoms with Gasteiger partial charge in [0.25, 0.3) is 0 Å². The van der Waals surface area contributed by atoms with Gasteiger partial charge >= 0.3 is 17.9 Å². The molecule has 0 aromatic heterocycles. The molecular weight excluding hydrogens is 805 g/mol. The second kappa shape index (κ2) is 53.4. The van der Waals surface area contributed by atoms with E-state index in [9.17, 15) is 14.4 Å². The fraction of sp³-hybridized carbons (Fsp3) is 0.949.